The van der Waals surface area contributed by atoms with E-state index in [2.05, 4.69) is 9.71 Å². The number of hydrogen-bond donors (Lipinski definition) is 2. The Morgan fingerprint density at radius 2 is 2.05 bits per heavy atom. The number of nitrogens with one attached hydrogen (secondary N) is 1. The van der Waals surface area contributed by atoms with Crippen molar-refractivity contribution in [2.24, 2.45) is 5.41 Å². The van der Waals surface area contributed by atoms with Crippen LogP contribution in [0.5, 0.6) is 0 Å². The second kappa shape index (κ2) is 5.21. The minimum absolute atomic E-state index is 0.0171. The molecule has 0 spiro atoms. The Labute approximate surface area is 123 Å². The van der Waals surface area contributed by atoms with Gasteiger partial charge in [-0.3, -0.25) is 4.72 Å². The highest BCUT2D eigenvalue weighted by atomic mass is 32.2. The first-order valence-corrected chi connectivity index (χ1v) is 8.78. The van der Waals surface area contributed by atoms with E-state index in [0.29, 0.717) is 17.2 Å². The van der Waals surface area contributed by atoms with Gasteiger partial charge in [0.05, 0.1) is 16.0 Å². The van der Waals surface area contributed by atoms with E-state index in [1.54, 1.807) is 18.2 Å². The third kappa shape index (κ3) is 4.08. The lowest BCUT2D eigenvalue weighted by Crippen LogP contribution is -2.20. The van der Waals surface area contributed by atoms with Gasteiger partial charge < -0.3 is 5.73 Å². The molecule has 0 atom stereocenters. The van der Waals surface area contributed by atoms with Crippen LogP contribution < -0.4 is 10.5 Å². The molecule has 20 heavy (non-hydrogen) atoms. The summed E-state index contributed by atoms with van der Waals surface area (Å²) in [6.45, 7) is 6.05. The second-order valence-electron chi connectivity index (χ2n) is 5.98. The van der Waals surface area contributed by atoms with Crippen molar-refractivity contribution in [3.05, 3.63) is 18.2 Å². The first-order valence-electron chi connectivity index (χ1n) is 6.31. The Morgan fingerprint density at radius 3 is 2.70 bits per heavy atom. The van der Waals surface area contributed by atoms with E-state index in [1.165, 1.54) is 11.3 Å². The molecule has 0 aliphatic rings. The number of rotatable bonds is 4. The van der Waals surface area contributed by atoms with Crippen LogP contribution in [0.25, 0.3) is 10.2 Å². The number of nitrogens with zero attached hydrogens (tertiary/aromatic N) is 1. The van der Waals surface area contributed by atoms with Gasteiger partial charge in [0.15, 0.2) is 5.13 Å². The molecule has 0 radical (unpaired) electrons. The summed E-state index contributed by atoms with van der Waals surface area (Å²) in [5.41, 5.74) is 7.07. The Morgan fingerprint density at radius 1 is 1.35 bits per heavy atom. The van der Waals surface area contributed by atoms with Crippen LogP contribution in [0.4, 0.5) is 10.8 Å². The number of nitrogen functional groups attached to an aromatic ring is 1. The molecule has 110 valence electrons. The van der Waals surface area contributed by atoms with Crippen LogP contribution in [0.1, 0.15) is 27.2 Å². The standard InChI is InChI=1S/C13H19N3O2S2/c1-13(2,3)6-7-20(17,18)16-12-15-10-5-4-9(14)8-11(10)19-12/h4-5,8H,6-7,14H2,1-3H3,(H,15,16). The summed E-state index contributed by atoms with van der Waals surface area (Å²) in [6.07, 6.45) is 0.597. The van der Waals surface area contributed by atoms with Gasteiger partial charge in [-0.15, -0.1) is 0 Å². The monoisotopic (exact) mass is 313 g/mol. The van der Waals surface area contributed by atoms with Crippen molar-refractivity contribution in [1.29, 1.82) is 0 Å². The molecule has 7 heteroatoms. The molecule has 1 aromatic heterocycles. The molecule has 0 fully saturated rings. The third-order valence-corrected chi connectivity index (χ3v) is 5.08. The first-order chi connectivity index (χ1) is 9.15. The smallest absolute Gasteiger partial charge is 0.234 e. The molecule has 1 aromatic carbocycles. The number of benzene rings is 1. The quantitative estimate of drug-likeness (QED) is 0.850. The number of nitrogens with two attached hydrogens (primary N) is 1. The van der Waals surface area contributed by atoms with Gasteiger partial charge in [-0.2, -0.15) is 0 Å². The van der Waals surface area contributed by atoms with E-state index in [1.807, 2.05) is 20.8 Å². The van der Waals surface area contributed by atoms with E-state index in [9.17, 15) is 8.42 Å². The summed E-state index contributed by atoms with van der Waals surface area (Å²) < 4.78 is 27.5. The van der Waals surface area contributed by atoms with Gasteiger partial charge in [-0.05, 0) is 30.0 Å². The van der Waals surface area contributed by atoms with Gasteiger partial charge >= 0.3 is 0 Å². The number of sulfonamides is 1. The van der Waals surface area contributed by atoms with Gasteiger partial charge in [-0.1, -0.05) is 32.1 Å². The molecule has 1 heterocycles. The van der Waals surface area contributed by atoms with E-state index >= 15 is 0 Å². The molecule has 0 amide bonds. The molecule has 0 bridgehead atoms. The van der Waals surface area contributed by atoms with Gasteiger partial charge in [0.2, 0.25) is 10.0 Å². The van der Waals surface area contributed by atoms with Crippen LogP contribution in [-0.4, -0.2) is 19.2 Å². The van der Waals surface area contributed by atoms with Gasteiger partial charge in [0.25, 0.3) is 0 Å². The lowest BCUT2D eigenvalue weighted by Gasteiger charge is -2.17. The van der Waals surface area contributed by atoms with Crippen LogP contribution in [0.3, 0.4) is 0 Å². The summed E-state index contributed by atoms with van der Waals surface area (Å²) in [7, 11) is -3.36. The summed E-state index contributed by atoms with van der Waals surface area (Å²) in [4.78, 5) is 4.26. The molecule has 2 aromatic rings. The maximum absolute atomic E-state index is 12.0. The van der Waals surface area contributed by atoms with Crippen LogP contribution in [0, 0.1) is 5.41 Å². The van der Waals surface area contributed by atoms with Crippen molar-refractivity contribution in [2.45, 2.75) is 27.2 Å². The fourth-order valence-corrected chi connectivity index (χ4v) is 4.22. The van der Waals surface area contributed by atoms with E-state index in [4.69, 9.17) is 5.73 Å². The SMILES string of the molecule is CC(C)(C)CCS(=O)(=O)Nc1nc2ccc(N)cc2s1. The zero-order chi connectivity index (χ0) is 15.0. The molecule has 0 saturated carbocycles. The lowest BCUT2D eigenvalue weighted by atomic mass is 9.94. The average molecular weight is 313 g/mol. The highest BCUT2D eigenvalue weighted by Crippen LogP contribution is 2.28. The average Bonchev–Trinajstić information content (AvgIpc) is 2.66. The topological polar surface area (TPSA) is 85.1 Å². The highest BCUT2D eigenvalue weighted by Gasteiger charge is 2.18. The minimum atomic E-state index is -3.36. The number of hydrogen-bond acceptors (Lipinski definition) is 5. The Hall–Kier alpha value is -1.34. The minimum Gasteiger partial charge on any atom is -0.399 e. The van der Waals surface area contributed by atoms with Crippen molar-refractivity contribution >= 4 is 42.4 Å². The number of fused-ring (bicyclic) bond motifs is 1. The maximum atomic E-state index is 12.0. The fourth-order valence-electron chi connectivity index (χ4n) is 1.61. The van der Waals surface area contributed by atoms with Gasteiger partial charge in [0, 0.05) is 5.69 Å². The number of aromatic nitrogens is 1. The molecular weight excluding hydrogens is 294 g/mol. The normalized spacial score (nSPS) is 12.8. The van der Waals surface area contributed by atoms with Crippen molar-refractivity contribution < 1.29 is 8.42 Å². The predicted octanol–water partition coefficient (Wildman–Crippen LogP) is 3.06. The predicted molar refractivity (Wildman–Crippen MR) is 85.5 cm³/mol. The van der Waals surface area contributed by atoms with E-state index < -0.39 is 10.0 Å². The molecule has 0 aliphatic carbocycles. The highest BCUT2D eigenvalue weighted by molar-refractivity contribution is 7.92. The number of thiazole rings is 1. The summed E-state index contributed by atoms with van der Waals surface area (Å²) in [5, 5.41) is 0.388. The Kier molecular flexibility index (Phi) is 3.93. The van der Waals surface area contributed by atoms with E-state index in [0.717, 1.165) is 10.2 Å². The molecule has 2 rings (SSSR count). The first kappa shape index (κ1) is 15.1. The molecular formula is C13H19N3O2S2. The number of anilines is 2. The summed E-state index contributed by atoms with van der Waals surface area (Å²) >= 11 is 1.29. The van der Waals surface area contributed by atoms with Crippen LogP contribution in [0.15, 0.2) is 18.2 Å². The largest absolute Gasteiger partial charge is 0.399 e. The third-order valence-electron chi connectivity index (χ3n) is 2.78. The fraction of sp³-hybridized carbons (Fsp3) is 0.462. The zero-order valence-electron chi connectivity index (χ0n) is 11.8. The maximum Gasteiger partial charge on any atom is 0.234 e. The van der Waals surface area contributed by atoms with Crippen molar-refractivity contribution in [1.82, 2.24) is 4.98 Å². The van der Waals surface area contributed by atoms with Gasteiger partial charge in [-0.25, -0.2) is 13.4 Å². The van der Waals surface area contributed by atoms with Crippen LogP contribution in [-0.2, 0) is 10.0 Å². The van der Waals surface area contributed by atoms with Gasteiger partial charge in [0.1, 0.15) is 0 Å². The molecule has 0 aliphatic heterocycles. The Balaban J connectivity index is 2.15. The molecule has 5 nitrogen and oxygen atoms in total. The zero-order valence-corrected chi connectivity index (χ0v) is 13.4. The molecule has 0 saturated heterocycles. The van der Waals surface area contributed by atoms with Crippen LogP contribution >= 0.6 is 11.3 Å². The van der Waals surface area contributed by atoms with E-state index in [-0.39, 0.29) is 11.2 Å². The van der Waals surface area contributed by atoms with Crippen molar-refractivity contribution in [3.63, 3.8) is 0 Å². The molecule has 0 unspecified atom stereocenters. The second-order valence-corrected chi connectivity index (χ2v) is 8.85. The summed E-state index contributed by atoms with van der Waals surface area (Å²) in [5.74, 6) is 0.0918. The van der Waals surface area contributed by atoms with Crippen molar-refractivity contribution in [2.75, 3.05) is 16.2 Å². The lowest BCUT2D eigenvalue weighted by molar-refractivity contribution is 0.397. The molecule has 3 N–H and O–H groups in total. The van der Waals surface area contributed by atoms with Crippen LogP contribution in [0.2, 0.25) is 0 Å². The van der Waals surface area contributed by atoms with Crippen molar-refractivity contribution in [3.8, 4) is 0 Å². The summed E-state index contributed by atoms with van der Waals surface area (Å²) in [6, 6.07) is 5.33. The Bertz CT molecular complexity index is 715.